The molecule has 34 heavy (non-hydrogen) atoms. The lowest BCUT2D eigenvalue weighted by Gasteiger charge is -2.23. The van der Waals surface area contributed by atoms with Crippen molar-refractivity contribution in [1.29, 1.82) is 0 Å². The van der Waals surface area contributed by atoms with E-state index in [2.05, 4.69) is 22.5 Å². The SMILES string of the molecule is CCCCCCCCCCCCCCNC(=O)[C@H](CCC[NH+]=C(N)N)NC(=O)OC(C)(C)C.[Cl-]. The Labute approximate surface area is 214 Å². The number of hydrogen-bond donors (Lipinski definition) is 5. The van der Waals surface area contributed by atoms with E-state index in [1.54, 1.807) is 20.8 Å². The average Bonchev–Trinajstić information content (AvgIpc) is 2.72. The predicted molar refractivity (Wildman–Crippen MR) is 136 cm³/mol. The van der Waals surface area contributed by atoms with Crippen LogP contribution in [-0.2, 0) is 9.53 Å². The Kier molecular flexibility index (Phi) is 22.1. The van der Waals surface area contributed by atoms with Crippen LogP contribution in [0.25, 0.3) is 0 Å². The summed E-state index contributed by atoms with van der Waals surface area (Å²) >= 11 is 0. The molecule has 0 aliphatic heterocycles. The second kappa shape index (κ2) is 21.8. The van der Waals surface area contributed by atoms with Gasteiger partial charge in [0.05, 0.1) is 6.54 Å². The fourth-order valence-corrected chi connectivity index (χ4v) is 3.56. The molecule has 0 aromatic heterocycles. The zero-order valence-electron chi connectivity index (χ0n) is 22.1. The van der Waals surface area contributed by atoms with Crippen LogP contribution in [-0.4, -0.2) is 42.7 Å². The number of halogens is 1. The Morgan fingerprint density at radius 1 is 0.853 bits per heavy atom. The molecule has 0 aromatic rings. The summed E-state index contributed by atoms with van der Waals surface area (Å²) in [5.41, 5.74) is 10.2. The van der Waals surface area contributed by atoms with Gasteiger partial charge in [-0.15, -0.1) is 0 Å². The fourth-order valence-electron chi connectivity index (χ4n) is 3.56. The number of amides is 2. The minimum Gasteiger partial charge on any atom is -1.00 e. The first-order valence-electron chi connectivity index (χ1n) is 13.0. The van der Waals surface area contributed by atoms with E-state index >= 15 is 0 Å². The molecule has 0 saturated carbocycles. The maximum absolute atomic E-state index is 12.6. The van der Waals surface area contributed by atoms with Crippen LogP contribution in [0, 0.1) is 0 Å². The molecule has 0 rings (SSSR count). The van der Waals surface area contributed by atoms with Gasteiger partial charge in [0.1, 0.15) is 11.6 Å². The Bertz CT molecular complexity index is 549. The van der Waals surface area contributed by atoms with Crippen LogP contribution in [0.4, 0.5) is 4.79 Å². The van der Waals surface area contributed by atoms with Crippen LogP contribution in [0.2, 0.25) is 0 Å². The lowest BCUT2D eigenvalue weighted by molar-refractivity contribution is -0.459. The van der Waals surface area contributed by atoms with E-state index in [0.29, 0.717) is 25.9 Å². The van der Waals surface area contributed by atoms with Gasteiger partial charge in [-0.3, -0.25) is 21.3 Å². The van der Waals surface area contributed by atoms with Gasteiger partial charge in [-0.05, 0) is 40.0 Å². The lowest BCUT2D eigenvalue weighted by atomic mass is 10.1. The molecule has 1 atom stereocenters. The number of carbonyl (C=O) groups is 2. The number of unbranched alkanes of at least 4 members (excludes halogenated alkanes) is 11. The fraction of sp³-hybridized carbons (Fsp3) is 0.880. The topological polar surface area (TPSA) is 133 Å². The molecule has 0 fully saturated rings. The molecule has 0 aliphatic carbocycles. The summed E-state index contributed by atoms with van der Waals surface area (Å²) < 4.78 is 5.30. The van der Waals surface area contributed by atoms with Crippen molar-refractivity contribution < 1.29 is 31.7 Å². The Morgan fingerprint density at radius 2 is 1.35 bits per heavy atom. The molecule has 8 nitrogen and oxygen atoms in total. The van der Waals surface area contributed by atoms with Gasteiger partial charge >= 0.3 is 12.1 Å². The molecule has 0 bridgehead atoms. The summed E-state index contributed by atoms with van der Waals surface area (Å²) in [5.74, 6) is -0.0447. The Hall–Kier alpha value is -1.70. The van der Waals surface area contributed by atoms with E-state index in [-0.39, 0.29) is 24.3 Å². The molecular weight excluding hydrogens is 454 g/mol. The number of alkyl carbamates (subject to hydrolysis) is 1. The number of nitrogens with two attached hydrogens (primary N) is 2. The summed E-state index contributed by atoms with van der Waals surface area (Å²) in [4.78, 5) is 27.6. The number of nitrogens with one attached hydrogen (secondary N) is 3. The van der Waals surface area contributed by atoms with E-state index in [4.69, 9.17) is 16.2 Å². The van der Waals surface area contributed by atoms with Crippen molar-refractivity contribution in [2.75, 3.05) is 13.1 Å². The van der Waals surface area contributed by atoms with Crippen LogP contribution >= 0.6 is 0 Å². The summed E-state index contributed by atoms with van der Waals surface area (Å²) in [6.07, 6.45) is 15.8. The quantitative estimate of drug-likeness (QED) is 0.0944. The summed E-state index contributed by atoms with van der Waals surface area (Å²) in [6.45, 7) is 8.77. The second-order valence-electron chi connectivity index (χ2n) is 9.90. The van der Waals surface area contributed by atoms with Crippen LogP contribution in [0.5, 0.6) is 0 Å². The summed E-state index contributed by atoms with van der Waals surface area (Å²) in [5, 5.41) is 5.64. The van der Waals surface area contributed by atoms with Gasteiger partial charge in [0.25, 0.3) is 0 Å². The minimum absolute atomic E-state index is 0. The standard InChI is InChI=1S/C25H51N5O3.ClH/c1-5-6-7-8-9-10-11-12-13-14-15-16-19-28-22(31)21(18-17-20-29-23(26)27)30-24(32)33-25(2,3)4;/h21H,5-20H2,1-4H3,(H,28,31)(H,30,32)(H4,26,27,29);1H/t21-;/m0./s1. The predicted octanol–water partition coefficient (Wildman–Crippen LogP) is -0.165. The monoisotopic (exact) mass is 505 g/mol. The van der Waals surface area contributed by atoms with Gasteiger partial charge in [0, 0.05) is 6.54 Å². The van der Waals surface area contributed by atoms with Crippen molar-refractivity contribution in [2.45, 2.75) is 129 Å². The maximum Gasteiger partial charge on any atom is 0.408 e. The van der Waals surface area contributed by atoms with E-state index in [1.165, 1.54) is 64.2 Å². The first-order valence-corrected chi connectivity index (χ1v) is 13.0. The van der Waals surface area contributed by atoms with Crippen molar-refractivity contribution in [3.8, 4) is 0 Å². The van der Waals surface area contributed by atoms with Crippen molar-refractivity contribution in [3.05, 3.63) is 0 Å². The van der Waals surface area contributed by atoms with Crippen LogP contribution < -0.4 is 39.5 Å². The van der Waals surface area contributed by atoms with Crippen LogP contribution in [0.3, 0.4) is 0 Å². The van der Waals surface area contributed by atoms with Crippen LogP contribution in [0.15, 0.2) is 0 Å². The van der Waals surface area contributed by atoms with E-state index in [9.17, 15) is 9.59 Å². The highest BCUT2D eigenvalue weighted by molar-refractivity contribution is 5.85. The van der Waals surface area contributed by atoms with Crippen LogP contribution in [0.1, 0.15) is 118 Å². The van der Waals surface area contributed by atoms with Gasteiger partial charge in [-0.2, -0.15) is 0 Å². The van der Waals surface area contributed by atoms with Crippen molar-refractivity contribution in [2.24, 2.45) is 11.5 Å². The molecule has 0 aliphatic rings. The largest absolute Gasteiger partial charge is 1.00 e. The first kappa shape index (κ1) is 34.5. The molecule has 202 valence electrons. The number of guanidine groups is 1. The molecule has 0 radical (unpaired) electrons. The van der Waals surface area contributed by atoms with Gasteiger partial charge in [-0.25, -0.2) is 4.79 Å². The zero-order valence-corrected chi connectivity index (χ0v) is 22.9. The van der Waals surface area contributed by atoms with E-state index in [0.717, 1.165) is 12.8 Å². The minimum atomic E-state index is -0.655. The molecular formula is C25H52ClN5O3. The Balaban J connectivity index is 0. The molecule has 0 saturated heterocycles. The number of hydrogen-bond acceptors (Lipinski definition) is 3. The lowest BCUT2D eigenvalue weighted by Crippen LogP contribution is -3.00. The highest BCUT2D eigenvalue weighted by Crippen LogP contribution is 2.12. The van der Waals surface area contributed by atoms with Gasteiger partial charge < -0.3 is 27.8 Å². The van der Waals surface area contributed by atoms with Crippen molar-refractivity contribution in [1.82, 2.24) is 10.6 Å². The smallest absolute Gasteiger partial charge is 0.408 e. The van der Waals surface area contributed by atoms with Gasteiger partial charge in [0.15, 0.2) is 0 Å². The zero-order chi connectivity index (χ0) is 25.0. The maximum atomic E-state index is 12.6. The molecule has 0 heterocycles. The third-order valence-electron chi connectivity index (χ3n) is 5.34. The summed E-state index contributed by atoms with van der Waals surface area (Å²) in [6, 6.07) is -0.655. The normalized spacial score (nSPS) is 11.8. The molecule has 9 heteroatoms. The van der Waals surface area contributed by atoms with E-state index in [1.807, 2.05) is 0 Å². The van der Waals surface area contributed by atoms with Gasteiger partial charge in [-0.1, -0.05) is 77.6 Å². The van der Waals surface area contributed by atoms with Gasteiger partial charge in [0.2, 0.25) is 5.91 Å². The highest BCUT2D eigenvalue weighted by atomic mass is 35.5. The third kappa shape index (κ3) is 23.5. The van der Waals surface area contributed by atoms with Crippen molar-refractivity contribution >= 4 is 18.0 Å². The Morgan fingerprint density at radius 3 is 1.82 bits per heavy atom. The molecule has 7 N–H and O–H groups in total. The molecule has 0 spiro atoms. The average molecular weight is 506 g/mol. The summed E-state index contributed by atoms with van der Waals surface area (Å²) in [7, 11) is 0. The molecule has 2 amide bonds. The third-order valence-corrected chi connectivity index (χ3v) is 5.34. The number of ether oxygens (including phenoxy) is 1. The number of rotatable bonds is 19. The van der Waals surface area contributed by atoms with E-state index < -0.39 is 17.7 Å². The second-order valence-corrected chi connectivity index (χ2v) is 9.90. The molecule has 0 aromatic carbocycles. The first-order chi connectivity index (χ1) is 15.7. The van der Waals surface area contributed by atoms with Crippen molar-refractivity contribution in [3.63, 3.8) is 0 Å². The highest BCUT2D eigenvalue weighted by Gasteiger charge is 2.23. The number of carbonyl (C=O) groups excluding carboxylic acids is 2. The molecule has 0 unspecified atom stereocenters.